The maximum atomic E-state index is 12.0. The van der Waals surface area contributed by atoms with Gasteiger partial charge in [0, 0.05) is 10.2 Å². The summed E-state index contributed by atoms with van der Waals surface area (Å²) in [6.07, 6.45) is 0. The summed E-state index contributed by atoms with van der Waals surface area (Å²) in [6.45, 7) is 2.02. The second kappa shape index (κ2) is 5.81. The molecule has 2 aromatic carbocycles. The van der Waals surface area contributed by atoms with Crippen LogP contribution in [0.25, 0.3) is 22.6 Å². The van der Waals surface area contributed by atoms with Crippen LogP contribution in [0.15, 0.2) is 45.3 Å². The number of hydrogen-bond donors (Lipinski definition) is 1. The van der Waals surface area contributed by atoms with Gasteiger partial charge < -0.3 is 14.9 Å². The Morgan fingerprint density at radius 3 is 2.86 bits per heavy atom. The Hall–Kier alpha value is -2.34. The summed E-state index contributed by atoms with van der Waals surface area (Å²) >= 11 is 3.46. The number of oxazole rings is 1. The number of hydrogen-bond acceptors (Lipinski definition) is 5. The Balaban J connectivity index is 2.19. The minimum Gasteiger partial charge on any atom is -0.462 e. The van der Waals surface area contributed by atoms with E-state index in [0.29, 0.717) is 22.7 Å². The van der Waals surface area contributed by atoms with Crippen LogP contribution in [0.4, 0.5) is 5.69 Å². The van der Waals surface area contributed by atoms with E-state index in [9.17, 15) is 4.79 Å². The summed E-state index contributed by atoms with van der Waals surface area (Å²) < 4.78 is 11.7. The standard InChI is InChI=1S/C16H13BrN2O3/c1-2-21-16(20)11-7-9(18)8-13-14(11)22-15(19-13)10-5-3-4-6-12(10)17/h3-8H,2,18H2,1H3. The van der Waals surface area contributed by atoms with E-state index in [1.165, 1.54) is 6.07 Å². The molecule has 0 fully saturated rings. The number of esters is 1. The van der Waals surface area contributed by atoms with Gasteiger partial charge in [-0.25, -0.2) is 9.78 Å². The van der Waals surface area contributed by atoms with Gasteiger partial charge in [0.1, 0.15) is 11.1 Å². The first-order chi connectivity index (χ1) is 10.6. The first kappa shape index (κ1) is 14.6. The van der Waals surface area contributed by atoms with E-state index >= 15 is 0 Å². The Morgan fingerprint density at radius 2 is 2.14 bits per heavy atom. The zero-order valence-corrected chi connectivity index (χ0v) is 13.4. The van der Waals surface area contributed by atoms with Crippen LogP contribution < -0.4 is 5.73 Å². The number of aromatic nitrogens is 1. The highest BCUT2D eigenvalue weighted by Crippen LogP contribution is 2.32. The van der Waals surface area contributed by atoms with Crippen LogP contribution in [-0.2, 0) is 4.74 Å². The molecule has 3 rings (SSSR count). The summed E-state index contributed by atoms with van der Waals surface area (Å²) in [4.78, 5) is 16.5. The lowest BCUT2D eigenvalue weighted by molar-refractivity contribution is 0.0527. The molecule has 0 saturated heterocycles. The van der Waals surface area contributed by atoms with Crippen molar-refractivity contribution in [2.45, 2.75) is 6.92 Å². The average Bonchev–Trinajstić information content (AvgIpc) is 2.90. The Kier molecular flexibility index (Phi) is 3.85. The number of carbonyl (C=O) groups excluding carboxylic acids is 1. The number of halogens is 1. The number of rotatable bonds is 3. The highest BCUT2D eigenvalue weighted by Gasteiger charge is 2.19. The van der Waals surface area contributed by atoms with Crippen LogP contribution in [0.2, 0.25) is 0 Å². The first-order valence-corrected chi connectivity index (χ1v) is 7.51. The number of nitrogen functional groups attached to an aromatic ring is 1. The maximum Gasteiger partial charge on any atom is 0.342 e. The second-order valence-corrected chi connectivity index (χ2v) is 5.49. The number of nitrogens with zero attached hydrogens (tertiary/aromatic N) is 1. The zero-order valence-electron chi connectivity index (χ0n) is 11.8. The largest absolute Gasteiger partial charge is 0.462 e. The van der Waals surface area contributed by atoms with Crippen molar-refractivity contribution >= 4 is 38.7 Å². The smallest absolute Gasteiger partial charge is 0.342 e. The van der Waals surface area contributed by atoms with Gasteiger partial charge in [-0.3, -0.25) is 0 Å². The predicted molar refractivity (Wildman–Crippen MR) is 87.5 cm³/mol. The molecule has 0 aliphatic rings. The quantitative estimate of drug-likeness (QED) is 0.563. The van der Waals surface area contributed by atoms with Gasteiger partial charge in [-0.1, -0.05) is 12.1 Å². The average molecular weight is 361 g/mol. The van der Waals surface area contributed by atoms with E-state index in [2.05, 4.69) is 20.9 Å². The SMILES string of the molecule is CCOC(=O)c1cc(N)cc2nc(-c3ccccc3Br)oc12. The second-order valence-electron chi connectivity index (χ2n) is 4.64. The van der Waals surface area contributed by atoms with E-state index in [1.54, 1.807) is 13.0 Å². The number of nitrogens with two attached hydrogens (primary N) is 1. The molecule has 0 bridgehead atoms. The summed E-state index contributed by atoms with van der Waals surface area (Å²) in [5.74, 6) is -0.0618. The number of anilines is 1. The van der Waals surface area contributed by atoms with Crippen LogP contribution >= 0.6 is 15.9 Å². The number of benzene rings is 2. The van der Waals surface area contributed by atoms with E-state index in [0.717, 1.165) is 10.0 Å². The summed E-state index contributed by atoms with van der Waals surface area (Å²) in [6, 6.07) is 10.8. The van der Waals surface area contributed by atoms with Crippen molar-refractivity contribution in [2.24, 2.45) is 0 Å². The fourth-order valence-corrected chi connectivity index (χ4v) is 2.62. The summed E-state index contributed by atoms with van der Waals surface area (Å²) in [5.41, 5.74) is 8.24. The van der Waals surface area contributed by atoms with Crippen molar-refractivity contribution in [3.8, 4) is 11.5 Å². The molecule has 5 nitrogen and oxygen atoms in total. The maximum absolute atomic E-state index is 12.0. The van der Waals surface area contributed by atoms with Crippen molar-refractivity contribution in [1.82, 2.24) is 4.98 Å². The molecule has 6 heteroatoms. The molecular weight excluding hydrogens is 348 g/mol. The lowest BCUT2D eigenvalue weighted by atomic mass is 10.2. The molecule has 0 saturated carbocycles. The monoisotopic (exact) mass is 360 g/mol. The zero-order chi connectivity index (χ0) is 15.7. The molecule has 22 heavy (non-hydrogen) atoms. The van der Waals surface area contributed by atoms with Crippen molar-refractivity contribution in [2.75, 3.05) is 12.3 Å². The van der Waals surface area contributed by atoms with Crippen molar-refractivity contribution < 1.29 is 13.9 Å². The Labute approximate surface area is 135 Å². The molecule has 3 aromatic rings. The van der Waals surface area contributed by atoms with Gasteiger partial charge in [-0.05, 0) is 47.1 Å². The first-order valence-electron chi connectivity index (χ1n) is 6.72. The van der Waals surface area contributed by atoms with Crippen LogP contribution in [0.3, 0.4) is 0 Å². The molecule has 0 unspecified atom stereocenters. The predicted octanol–water partition coefficient (Wildman–Crippen LogP) is 4.02. The van der Waals surface area contributed by atoms with Gasteiger partial charge in [-0.2, -0.15) is 0 Å². The molecular formula is C16H13BrN2O3. The highest BCUT2D eigenvalue weighted by molar-refractivity contribution is 9.10. The van der Waals surface area contributed by atoms with Gasteiger partial charge in [0.05, 0.1) is 12.2 Å². The molecule has 0 aliphatic carbocycles. The van der Waals surface area contributed by atoms with Crippen molar-refractivity contribution in [3.63, 3.8) is 0 Å². The molecule has 1 aromatic heterocycles. The molecule has 0 radical (unpaired) electrons. The van der Waals surface area contributed by atoms with Gasteiger partial charge in [-0.15, -0.1) is 0 Å². The van der Waals surface area contributed by atoms with E-state index in [1.807, 2.05) is 24.3 Å². The fraction of sp³-hybridized carbons (Fsp3) is 0.125. The molecule has 0 atom stereocenters. The molecule has 0 spiro atoms. The molecule has 0 amide bonds. The minimum atomic E-state index is -0.477. The third-order valence-electron chi connectivity index (χ3n) is 3.11. The Bertz CT molecular complexity index is 858. The lowest BCUT2D eigenvalue weighted by Gasteiger charge is -2.03. The topological polar surface area (TPSA) is 78.4 Å². The van der Waals surface area contributed by atoms with Crippen LogP contribution in [0.1, 0.15) is 17.3 Å². The van der Waals surface area contributed by atoms with E-state index in [-0.39, 0.29) is 12.2 Å². The molecule has 112 valence electrons. The van der Waals surface area contributed by atoms with E-state index in [4.69, 9.17) is 14.9 Å². The number of ether oxygens (including phenoxy) is 1. The van der Waals surface area contributed by atoms with Crippen LogP contribution in [0.5, 0.6) is 0 Å². The number of fused-ring (bicyclic) bond motifs is 1. The normalized spacial score (nSPS) is 10.8. The summed E-state index contributed by atoms with van der Waals surface area (Å²) in [7, 11) is 0. The van der Waals surface area contributed by atoms with Crippen molar-refractivity contribution in [3.05, 3.63) is 46.4 Å². The van der Waals surface area contributed by atoms with Gasteiger partial charge in [0.2, 0.25) is 5.89 Å². The van der Waals surface area contributed by atoms with E-state index < -0.39 is 5.97 Å². The highest BCUT2D eigenvalue weighted by atomic mass is 79.9. The van der Waals surface area contributed by atoms with Crippen LogP contribution in [0, 0.1) is 0 Å². The molecule has 2 N–H and O–H groups in total. The summed E-state index contributed by atoms with van der Waals surface area (Å²) in [5, 5.41) is 0. The lowest BCUT2D eigenvalue weighted by Crippen LogP contribution is -2.05. The molecule has 1 heterocycles. The Morgan fingerprint density at radius 1 is 1.36 bits per heavy atom. The minimum absolute atomic E-state index is 0.278. The molecule has 0 aliphatic heterocycles. The van der Waals surface area contributed by atoms with Crippen molar-refractivity contribution in [1.29, 1.82) is 0 Å². The fourth-order valence-electron chi connectivity index (χ4n) is 2.16. The van der Waals surface area contributed by atoms with Gasteiger partial charge in [0.25, 0.3) is 0 Å². The number of carbonyl (C=O) groups is 1. The van der Waals surface area contributed by atoms with Gasteiger partial charge in [0.15, 0.2) is 5.58 Å². The van der Waals surface area contributed by atoms with Gasteiger partial charge >= 0.3 is 5.97 Å². The van der Waals surface area contributed by atoms with Crippen LogP contribution in [-0.4, -0.2) is 17.6 Å². The third-order valence-corrected chi connectivity index (χ3v) is 3.80. The third kappa shape index (κ3) is 2.57.